The van der Waals surface area contributed by atoms with Crippen LogP contribution in [0.5, 0.6) is 0 Å². The van der Waals surface area contributed by atoms with Gasteiger partial charge in [0.15, 0.2) is 22.5 Å². The van der Waals surface area contributed by atoms with Crippen LogP contribution in [0.4, 0.5) is 13.9 Å². The van der Waals surface area contributed by atoms with Crippen molar-refractivity contribution in [2.24, 2.45) is 5.92 Å². The van der Waals surface area contributed by atoms with Crippen LogP contribution in [0.15, 0.2) is 42.0 Å². The molecule has 8 heteroatoms. The Morgan fingerprint density at radius 1 is 1.22 bits per heavy atom. The van der Waals surface area contributed by atoms with Crippen molar-refractivity contribution in [3.05, 3.63) is 70.5 Å². The summed E-state index contributed by atoms with van der Waals surface area (Å²) < 4.78 is 28.2. The molecular formula is C19H17F2N3O2S. The number of carbonyl (C=O) groups excluding carboxylic acids is 2. The number of nitrogens with one attached hydrogen (secondary N) is 1. The molecular weight excluding hydrogens is 372 g/mol. The quantitative estimate of drug-likeness (QED) is 0.637. The molecule has 0 saturated carbocycles. The van der Waals surface area contributed by atoms with E-state index in [1.165, 1.54) is 23.5 Å². The second-order valence-corrected chi connectivity index (χ2v) is 7.20. The van der Waals surface area contributed by atoms with Crippen molar-refractivity contribution in [2.45, 2.75) is 20.4 Å². The van der Waals surface area contributed by atoms with Gasteiger partial charge in [-0.25, -0.2) is 13.8 Å². The van der Waals surface area contributed by atoms with Gasteiger partial charge in [-0.3, -0.25) is 14.9 Å². The number of Topliss-reactive ketones (excluding diaryl/α,β-unsaturated/α-hetero) is 1. The first-order chi connectivity index (χ1) is 12.8. The summed E-state index contributed by atoms with van der Waals surface area (Å²) in [6.45, 7) is 3.65. The highest BCUT2D eigenvalue weighted by Gasteiger charge is 2.20. The van der Waals surface area contributed by atoms with Crippen LogP contribution >= 0.6 is 11.3 Å². The Morgan fingerprint density at radius 2 is 2.00 bits per heavy atom. The van der Waals surface area contributed by atoms with E-state index in [-0.39, 0.29) is 23.9 Å². The predicted octanol–water partition coefficient (Wildman–Crippen LogP) is 4.36. The first-order valence-corrected chi connectivity index (χ1v) is 9.12. The van der Waals surface area contributed by atoms with Gasteiger partial charge in [-0.2, -0.15) is 0 Å². The number of thiazole rings is 1. The van der Waals surface area contributed by atoms with E-state index >= 15 is 0 Å². The van der Waals surface area contributed by atoms with Crippen LogP contribution in [-0.4, -0.2) is 21.2 Å². The summed E-state index contributed by atoms with van der Waals surface area (Å²) >= 11 is 1.27. The van der Waals surface area contributed by atoms with Gasteiger partial charge in [0, 0.05) is 35.8 Å². The number of hydrogen-bond acceptors (Lipinski definition) is 4. The Labute approximate surface area is 158 Å². The Bertz CT molecular complexity index is 981. The molecule has 0 bridgehead atoms. The predicted molar refractivity (Wildman–Crippen MR) is 99.1 cm³/mol. The van der Waals surface area contributed by atoms with Crippen molar-refractivity contribution < 1.29 is 18.4 Å². The fourth-order valence-electron chi connectivity index (χ4n) is 2.58. The van der Waals surface area contributed by atoms with Gasteiger partial charge in [-0.15, -0.1) is 11.3 Å². The average Bonchev–Trinajstić information content (AvgIpc) is 3.27. The second-order valence-electron chi connectivity index (χ2n) is 6.30. The Hall–Kier alpha value is -2.87. The fraction of sp³-hybridized carbons (Fsp3) is 0.211. The summed E-state index contributed by atoms with van der Waals surface area (Å²) in [5.74, 6) is -2.69. The lowest BCUT2D eigenvalue weighted by molar-refractivity contribution is 0.0939. The number of ketones is 1. The third-order valence-corrected chi connectivity index (χ3v) is 4.62. The lowest BCUT2D eigenvalue weighted by Gasteiger charge is -2.09. The molecule has 1 N–H and O–H groups in total. The number of benzene rings is 1. The first kappa shape index (κ1) is 18.9. The van der Waals surface area contributed by atoms with Crippen LogP contribution in [0, 0.1) is 17.6 Å². The fourth-order valence-corrected chi connectivity index (χ4v) is 3.10. The number of halogens is 2. The zero-order valence-corrected chi connectivity index (χ0v) is 15.5. The van der Waals surface area contributed by atoms with Crippen LogP contribution in [-0.2, 0) is 6.54 Å². The maximum Gasteiger partial charge on any atom is 0.274 e. The van der Waals surface area contributed by atoms with Crippen molar-refractivity contribution in [2.75, 3.05) is 5.32 Å². The number of hydrogen-bond donors (Lipinski definition) is 1. The van der Waals surface area contributed by atoms with Crippen LogP contribution < -0.4 is 5.32 Å². The van der Waals surface area contributed by atoms with Crippen molar-refractivity contribution in [3.63, 3.8) is 0 Å². The molecule has 0 radical (unpaired) electrons. The third kappa shape index (κ3) is 4.28. The largest absolute Gasteiger partial charge is 0.338 e. The molecule has 2 heterocycles. The molecule has 0 atom stereocenters. The Balaban J connectivity index is 1.95. The number of anilines is 1. The van der Waals surface area contributed by atoms with E-state index in [9.17, 15) is 18.4 Å². The molecule has 2 aromatic heterocycles. The van der Waals surface area contributed by atoms with Gasteiger partial charge in [-0.1, -0.05) is 19.9 Å². The van der Waals surface area contributed by atoms with Gasteiger partial charge < -0.3 is 4.57 Å². The molecule has 1 amide bonds. The normalized spacial score (nSPS) is 11.0. The standard InChI is InChI=1S/C19H17F2N3O2S/c1-11(2)17(25)13-8-16(18(26)23-19-22-5-6-27-19)24(10-13)9-12-3-4-14(20)15(21)7-12/h3-8,10-11H,9H2,1-2H3,(H,22,23,26). The average molecular weight is 389 g/mol. The van der Waals surface area contributed by atoms with Gasteiger partial charge >= 0.3 is 0 Å². The molecule has 0 aliphatic rings. The van der Waals surface area contributed by atoms with E-state index in [0.29, 0.717) is 16.3 Å². The van der Waals surface area contributed by atoms with Crippen LogP contribution in [0.1, 0.15) is 40.3 Å². The molecule has 1 aromatic carbocycles. The maximum atomic E-state index is 13.5. The molecule has 0 aliphatic carbocycles. The third-order valence-electron chi connectivity index (χ3n) is 3.93. The summed E-state index contributed by atoms with van der Waals surface area (Å²) in [5, 5.41) is 4.82. The van der Waals surface area contributed by atoms with E-state index in [1.54, 1.807) is 36.2 Å². The van der Waals surface area contributed by atoms with Gasteiger partial charge in [0.2, 0.25) is 0 Å². The molecule has 27 heavy (non-hydrogen) atoms. The number of amides is 1. The molecule has 3 rings (SSSR count). The minimum absolute atomic E-state index is 0.109. The number of carbonyl (C=O) groups is 2. The smallest absolute Gasteiger partial charge is 0.274 e. The van der Waals surface area contributed by atoms with E-state index in [1.807, 2.05) is 0 Å². The van der Waals surface area contributed by atoms with E-state index in [2.05, 4.69) is 10.3 Å². The molecule has 5 nitrogen and oxygen atoms in total. The zero-order chi connectivity index (χ0) is 19.6. The van der Waals surface area contributed by atoms with E-state index in [0.717, 1.165) is 12.1 Å². The zero-order valence-electron chi connectivity index (χ0n) is 14.7. The monoisotopic (exact) mass is 389 g/mol. The van der Waals surface area contributed by atoms with Crippen molar-refractivity contribution in [3.8, 4) is 0 Å². The van der Waals surface area contributed by atoms with Gasteiger partial charge in [-0.05, 0) is 23.8 Å². The minimum Gasteiger partial charge on any atom is -0.338 e. The number of aromatic nitrogens is 2. The maximum absolute atomic E-state index is 13.5. The van der Waals surface area contributed by atoms with E-state index in [4.69, 9.17) is 0 Å². The summed E-state index contributed by atoms with van der Waals surface area (Å²) in [7, 11) is 0. The summed E-state index contributed by atoms with van der Waals surface area (Å²) in [4.78, 5) is 29.0. The van der Waals surface area contributed by atoms with Gasteiger partial charge in [0.1, 0.15) is 5.69 Å². The highest BCUT2D eigenvalue weighted by molar-refractivity contribution is 7.13. The van der Waals surface area contributed by atoms with Gasteiger partial charge in [0.25, 0.3) is 5.91 Å². The van der Waals surface area contributed by atoms with Crippen LogP contribution in [0.25, 0.3) is 0 Å². The van der Waals surface area contributed by atoms with Crippen molar-refractivity contribution >= 4 is 28.2 Å². The molecule has 140 valence electrons. The Kier molecular flexibility index (Phi) is 5.46. The number of nitrogens with zero attached hydrogens (tertiary/aromatic N) is 2. The van der Waals surface area contributed by atoms with Crippen LogP contribution in [0.3, 0.4) is 0 Å². The lowest BCUT2D eigenvalue weighted by atomic mass is 10.0. The van der Waals surface area contributed by atoms with Crippen molar-refractivity contribution in [1.82, 2.24) is 9.55 Å². The second kappa shape index (κ2) is 7.79. The highest BCUT2D eigenvalue weighted by atomic mass is 32.1. The van der Waals surface area contributed by atoms with Gasteiger partial charge in [0.05, 0.1) is 0 Å². The summed E-state index contributed by atoms with van der Waals surface area (Å²) in [5.41, 5.74) is 1.09. The molecule has 0 spiro atoms. The Morgan fingerprint density at radius 3 is 2.63 bits per heavy atom. The van der Waals surface area contributed by atoms with Crippen molar-refractivity contribution in [1.29, 1.82) is 0 Å². The first-order valence-electron chi connectivity index (χ1n) is 8.24. The molecule has 3 aromatic rings. The van der Waals surface area contributed by atoms with E-state index < -0.39 is 17.5 Å². The highest BCUT2D eigenvalue weighted by Crippen LogP contribution is 2.19. The molecule has 0 aliphatic heterocycles. The molecule has 0 unspecified atom stereocenters. The SMILES string of the molecule is CC(C)C(=O)c1cc(C(=O)Nc2nccs2)n(Cc2ccc(F)c(F)c2)c1. The molecule has 0 saturated heterocycles. The minimum atomic E-state index is -0.966. The lowest BCUT2D eigenvalue weighted by Crippen LogP contribution is -2.17. The topological polar surface area (TPSA) is 64.0 Å². The molecule has 0 fully saturated rings. The number of rotatable bonds is 6. The summed E-state index contributed by atoms with van der Waals surface area (Å²) in [6, 6.07) is 5.04. The van der Waals surface area contributed by atoms with Crippen LogP contribution in [0.2, 0.25) is 0 Å². The summed E-state index contributed by atoms with van der Waals surface area (Å²) in [6.07, 6.45) is 3.12.